The number of urea groups is 1. The standard InChI is InChI=1S/C19H22ClN3O2/c1-25-18-7-2-4-15(12-18)14-22-8-10-23(11-9-22)19(24)21-17-6-3-5-16(20)13-17/h2-7,12-13H,8-11,14H2,1H3,(H,21,24). The minimum Gasteiger partial charge on any atom is -0.497 e. The summed E-state index contributed by atoms with van der Waals surface area (Å²) < 4.78 is 5.27. The van der Waals surface area contributed by atoms with E-state index in [-0.39, 0.29) is 6.03 Å². The molecule has 1 fully saturated rings. The summed E-state index contributed by atoms with van der Waals surface area (Å²) >= 11 is 5.95. The van der Waals surface area contributed by atoms with E-state index < -0.39 is 0 Å². The lowest BCUT2D eigenvalue weighted by Crippen LogP contribution is -2.49. The van der Waals surface area contributed by atoms with Crippen molar-refractivity contribution in [3.8, 4) is 5.75 Å². The molecule has 0 radical (unpaired) electrons. The highest BCUT2D eigenvalue weighted by molar-refractivity contribution is 6.30. The molecule has 1 heterocycles. The van der Waals surface area contributed by atoms with Gasteiger partial charge in [0.05, 0.1) is 7.11 Å². The van der Waals surface area contributed by atoms with E-state index in [1.807, 2.05) is 29.2 Å². The highest BCUT2D eigenvalue weighted by Gasteiger charge is 2.21. The van der Waals surface area contributed by atoms with E-state index in [1.165, 1.54) is 5.56 Å². The Morgan fingerprint density at radius 3 is 2.60 bits per heavy atom. The molecule has 0 aromatic heterocycles. The zero-order valence-corrected chi connectivity index (χ0v) is 15.0. The van der Waals surface area contributed by atoms with Crippen molar-refractivity contribution in [3.05, 3.63) is 59.1 Å². The molecule has 1 N–H and O–H groups in total. The normalized spacial score (nSPS) is 15.0. The molecule has 0 bridgehead atoms. The monoisotopic (exact) mass is 359 g/mol. The summed E-state index contributed by atoms with van der Waals surface area (Å²) in [5.74, 6) is 0.872. The molecule has 1 aliphatic rings. The van der Waals surface area contributed by atoms with Gasteiger partial charge in [0.25, 0.3) is 0 Å². The van der Waals surface area contributed by atoms with E-state index >= 15 is 0 Å². The summed E-state index contributed by atoms with van der Waals surface area (Å²) in [5.41, 5.74) is 1.94. The van der Waals surface area contributed by atoms with Gasteiger partial charge < -0.3 is 15.0 Å². The van der Waals surface area contributed by atoms with Crippen LogP contribution < -0.4 is 10.1 Å². The van der Waals surface area contributed by atoms with Gasteiger partial charge in [-0.2, -0.15) is 0 Å². The highest BCUT2D eigenvalue weighted by atomic mass is 35.5. The molecule has 0 atom stereocenters. The molecular weight excluding hydrogens is 338 g/mol. The van der Waals surface area contributed by atoms with Gasteiger partial charge in [-0.25, -0.2) is 4.79 Å². The fourth-order valence-corrected chi connectivity index (χ4v) is 3.10. The Morgan fingerprint density at radius 1 is 1.12 bits per heavy atom. The molecule has 1 saturated heterocycles. The number of carbonyl (C=O) groups is 1. The number of nitrogens with zero attached hydrogens (tertiary/aromatic N) is 2. The van der Waals surface area contributed by atoms with Crippen molar-refractivity contribution in [1.82, 2.24) is 9.80 Å². The first kappa shape index (κ1) is 17.6. The molecule has 0 unspecified atom stereocenters. The van der Waals surface area contributed by atoms with E-state index in [0.717, 1.165) is 31.1 Å². The van der Waals surface area contributed by atoms with Crippen LogP contribution in [-0.4, -0.2) is 49.1 Å². The number of hydrogen-bond donors (Lipinski definition) is 1. The summed E-state index contributed by atoms with van der Waals surface area (Å²) in [6, 6.07) is 15.2. The Hall–Kier alpha value is -2.24. The Bertz CT molecular complexity index is 730. The second-order valence-electron chi connectivity index (χ2n) is 6.06. The number of carbonyl (C=O) groups excluding carboxylic acids is 1. The molecule has 0 saturated carbocycles. The first-order valence-electron chi connectivity index (χ1n) is 8.31. The summed E-state index contributed by atoms with van der Waals surface area (Å²) in [6.07, 6.45) is 0. The highest BCUT2D eigenvalue weighted by Crippen LogP contribution is 2.17. The van der Waals surface area contributed by atoms with Gasteiger partial charge in [0.1, 0.15) is 5.75 Å². The largest absolute Gasteiger partial charge is 0.497 e. The summed E-state index contributed by atoms with van der Waals surface area (Å²) in [7, 11) is 1.68. The SMILES string of the molecule is COc1cccc(CN2CCN(C(=O)Nc3cccc(Cl)c3)CC2)c1. The summed E-state index contributed by atoms with van der Waals surface area (Å²) in [4.78, 5) is 16.5. The van der Waals surface area contributed by atoms with Crippen molar-refractivity contribution in [2.75, 3.05) is 38.6 Å². The maximum absolute atomic E-state index is 12.4. The Kier molecular flexibility index (Phi) is 5.79. The van der Waals surface area contributed by atoms with Crippen molar-refractivity contribution in [1.29, 1.82) is 0 Å². The van der Waals surface area contributed by atoms with Crippen LogP contribution in [0.3, 0.4) is 0 Å². The van der Waals surface area contributed by atoms with Gasteiger partial charge in [-0.3, -0.25) is 4.90 Å². The van der Waals surface area contributed by atoms with Crippen LogP contribution in [0.4, 0.5) is 10.5 Å². The number of ether oxygens (including phenoxy) is 1. The molecule has 2 aromatic carbocycles. The van der Waals surface area contributed by atoms with Gasteiger partial charge in [-0.05, 0) is 35.9 Å². The molecule has 3 rings (SSSR count). The lowest BCUT2D eigenvalue weighted by Gasteiger charge is -2.34. The smallest absolute Gasteiger partial charge is 0.321 e. The van der Waals surface area contributed by atoms with Crippen LogP contribution in [0.1, 0.15) is 5.56 Å². The third-order valence-corrected chi connectivity index (χ3v) is 4.51. The molecule has 2 amide bonds. The number of benzene rings is 2. The average molecular weight is 360 g/mol. The average Bonchev–Trinajstić information content (AvgIpc) is 2.62. The molecule has 0 spiro atoms. The summed E-state index contributed by atoms with van der Waals surface area (Å²) in [6.45, 7) is 3.97. The zero-order valence-electron chi connectivity index (χ0n) is 14.2. The van der Waals surface area contributed by atoms with Crippen molar-refractivity contribution >= 4 is 23.3 Å². The minimum absolute atomic E-state index is 0.0803. The fourth-order valence-electron chi connectivity index (χ4n) is 2.91. The maximum atomic E-state index is 12.4. The number of nitrogens with one attached hydrogen (secondary N) is 1. The molecular formula is C19H22ClN3O2. The van der Waals surface area contributed by atoms with Crippen LogP contribution in [0.25, 0.3) is 0 Å². The lowest BCUT2D eigenvalue weighted by atomic mass is 10.2. The van der Waals surface area contributed by atoms with Gasteiger partial charge in [0.2, 0.25) is 0 Å². The van der Waals surface area contributed by atoms with Crippen LogP contribution in [0.15, 0.2) is 48.5 Å². The van der Waals surface area contributed by atoms with Crippen molar-refractivity contribution in [2.45, 2.75) is 6.54 Å². The molecule has 6 heteroatoms. The van der Waals surface area contributed by atoms with Crippen LogP contribution in [0, 0.1) is 0 Å². The van der Waals surface area contributed by atoms with Crippen molar-refractivity contribution in [2.24, 2.45) is 0 Å². The Labute approximate surface area is 153 Å². The third kappa shape index (κ3) is 4.87. The third-order valence-electron chi connectivity index (χ3n) is 4.28. The zero-order chi connectivity index (χ0) is 17.6. The quantitative estimate of drug-likeness (QED) is 0.905. The van der Waals surface area contributed by atoms with Crippen molar-refractivity contribution < 1.29 is 9.53 Å². The Balaban J connectivity index is 1.50. The van der Waals surface area contributed by atoms with Gasteiger partial charge in [0.15, 0.2) is 0 Å². The second-order valence-corrected chi connectivity index (χ2v) is 6.49. The first-order chi connectivity index (χ1) is 12.1. The van der Waals surface area contributed by atoms with Crippen LogP contribution >= 0.6 is 11.6 Å². The number of amides is 2. The molecule has 25 heavy (non-hydrogen) atoms. The maximum Gasteiger partial charge on any atom is 0.321 e. The van der Waals surface area contributed by atoms with Gasteiger partial charge in [-0.15, -0.1) is 0 Å². The van der Waals surface area contributed by atoms with Gasteiger partial charge in [0, 0.05) is 43.4 Å². The van der Waals surface area contributed by atoms with E-state index in [9.17, 15) is 4.79 Å². The number of methoxy groups -OCH3 is 1. The van der Waals surface area contributed by atoms with Crippen LogP contribution in [-0.2, 0) is 6.54 Å². The molecule has 0 aliphatic carbocycles. The Morgan fingerprint density at radius 2 is 1.88 bits per heavy atom. The van der Waals surface area contributed by atoms with E-state index in [2.05, 4.69) is 22.3 Å². The second kappa shape index (κ2) is 8.23. The molecule has 1 aliphatic heterocycles. The van der Waals surface area contributed by atoms with Crippen molar-refractivity contribution in [3.63, 3.8) is 0 Å². The number of anilines is 1. The van der Waals surface area contributed by atoms with E-state index in [4.69, 9.17) is 16.3 Å². The number of piperazine rings is 1. The summed E-state index contributed by atoms with van der Waals surface area (Å²) in [5, 5.41) is 3.51. The van der Waals surface area contributed by atoms with E-state index in [1.54, 1.807) is 19.2 Å². The predicted molar refractivity (Wildman–Crippen MR) is 100 cm³/mol. The minimum atomic E-state index is -0.0803. The van der Waals surface area contributed by atoms with Crippen LogP contribution in [0.2, 0.25) is 5.02 Å². The van der Waals surface area contributed by atoms with Crippen LogP contribution in [0.5, 0.6) is 5.75 Å². The number of rotatable bonds is 4. The predicted octanol–water partition coefficient (Wildman–Crippen LogP) is 3.70. The number of halogens is 1. The lowest BCUT2D eigenvalue weighted by molar-refractivity contribution is 0.143. The van der Waals surface area contributed by atoms with Gasteiger partial charge >= 0.3 is 6.03 Å². The topological polar surface area (TPSA) is 44.8 Å². The van der Waals surface area contributed by atoms with E-state index in [0.29, 0.717) is 18.1 Å². The molecule has 2 aromatic rings. The fraction of sp³-hybridized carbons (Fsp3) is 0.316. The molecule has 5 nitrogen and oxygen atoms in total. The number of hydrogen-bond acceptors (Lipinski definition) is 3. The first-order valence-corrected chi connectivity index (χ1v) is 8.68. The molecule has 132 valence electrons. The van der Waals surface area contributed by atoms with Gasteiger partial charge in [-0.1, -0.05) is 29.8 Å².